The normalized spacial score (nSPS) is 17.9. The van der Waals surface area contributed by atoms with Gasteiger partial charge in [-0.2, -0.15) is 0 Å². The van der Waals surface area contributed by atoms with Gasteiger partial charge >= 0.3 is 0 Å². The number of imide groups is 1. The van der Waals surface area contributed by atoms with E-state index in [9.17, 15) is 9.59 Å². The average molecular weight is 261 g/mol. The first kappa shape index (κ1) is 11.2. The van der Waals surface area contributed by atoms with E-state index in [2.05, 4.69) is 5.32 Å². The number of carbonyl (C=O) groups excluding carboxylic acids is 2. The Labute approximate surface area is 109 Å². The SMILES string of the molecule is NC(=S)Nc1ccc2c(c1)C(=O)N(C1CC1)C2=O. The minimum Gasteiger partial charge on any atom is -0.376 e. The second-order valence-corrected chi connectivity index (χ2v) is 4.90. The zero-order chi connectivity index (χ0) is 12.9. The van der Waals surface area contributed by atoms with Crippen molar-refractivity contribution in [3.63, 3.8) is 0 Å². The van der Waals surface area contributed by atoms with Crippen molar-refractivity contribution in [2.75, 3.05) is 5.32 Å². The van der Waals surface area contributed by atoms with Crippen LogP contribution in [-0.4, -0.2) is 27.9 Å². The highest BCUT2D eigenvalue weighted by molar-refractivity contribution is 7.80. The Kier molecular flexibility index (Phi) is 2.34. The standard InChI is InChI=1S/C12H11N3O2S/c13-12(18)14-6-1-4-8-9(5-6)11(17)15(10(8)16)7-2-3-7/h1,4-5,7H,2-3H2,(H3,13,14,18). The minimum atomic E-state index is -0.218. The highest BCUT2D eigenvalue weighted by atomic mass is 32.1. The number of rotatable bonds is 2. The summed E-state index contributed by atoms with van der Waals surface area (Å²) in [4.78, 5) is 25.6. The van der Waals surface area contributed by atoms with Gasteiger partial charge in [0.25, 0.3) is 11.8 Å². The van der Waals surface area contributed by atoms with Crippen LogP contribution >= 0.6 is 12.2 Å². The first-order valence-electron chi connectivity index (χ1n) is 5.66. The number of benzene rings is 1. The van der Waals surface area contributed by atoms with Crippen LogP contribution in [0.2, 0.25) is 0 Å². The van der Waals surface area contributed by atoms with Gasteiger partial charge in [-0.1, -0.05) is 0 Å². The summed E-state index contributed by atoms with van der Waals surface area (Å²) < 4.78 is 0. The van der Waals surface area contributed by atoms with Crippen molar-refractivity contribution in [1.29, 1.82) is 0 Å². The van der Waals surface area contributed by atoms with Crippen LogP contribution in [0.3, 0.4) is 0 Å². The van der Waals surface area contributed by atoms with Gasteiger partial charge in [-0.25, -0.2) is 0 Å². The maximum absolute atomic E-state index is 12.1. The smallest absolute Gasteiger partial charge is 0.261 e. The molecule has 0 aromatic heterocycles. The fraction of sp³-hybridized carbons (Fsp3) is 0.250. The summed E-state index contributed by atoms with van der Waals surface area (Å²) in [6.45, 7) is 0. The second-order valence-electron chi connectivity index (χ2n) is 4.46. The summed E-state index contributed by atoms with van der Waals surface area (Å²) in [6, 6.07) is 5.04. The van der Waals surface area contributed by atoms with Crippen LogP contribution < -0.4 is 11.1 Å². The highest BCUT2D eigenvalue weighted by Gasteiger charge is 2.44. The molecule has 0 radical (unpaired) electrons. The molecule has 3 N–H and O–H groups in total. The fourth-order valence-corrected chi connectivity index (χ4v) is 2.26. The van der Waals surface area contributed by atoms with E-state index in [1.807, 2.05) is 0 Å². The summed E-state index contributed by atoms with van der Waals surface area (Å²) in [7, 11) is 0. The first-order valence-corrected chi connectivity index (χ1v) is 6.07. The van der Waals surface area contributed by atoms with E-state index in [0.29, 0.717) is 16.8 Å². The molecule has 1 aliphatic carbocycles. The Bertz CT molecular complexity index is 581. The van der Waals surface area contributed by atoms with Gasteiger partial charge < -0.3 is 11.1 Å². The van der Waals surface area contributed by atoms with Crippen molar-refractivity contribution in [2.24, 2.45) is 5.73 Å². The number of amides is 2. The van der Waals surface area contributed by atoms with Crippen molar-refractivity contribution >= 4 is 34.8 Å². The van der Waals surface area contributed by atoms with Gasteiger partial charge in [-0.05, 0) is 43.3 Å². The summed E-state index contributed by atoms with van der Waals surface area (Å²) in [5, 5.41) is 2.89. The van der Waals surface area contributed by atoms with Crippen molar-refractivity contribution in [3.05, 3.63) is 29.3 Å². The molecule has 1 aromatic carbocycles. The molecule has 2 aliphatic rings. The Morgan fingerprint density at radius 3 is 2.56 bits per heavy atom. The lowest BCUT2D eigenvalue weighted by Gasteiger charge is -2.11. The number of anilines is 1. The lowest BCUT2D eigenvalue weighted by molar-refractivity contribution is 0.0642. The van der Waals surface area contributed by atoms with Crippen LogP contribution in [0, 0.1) is 0 Å². The second kappa shape index (κ2) is 3.78. The molecule has 92 valence electrons. The number of hydrogen-bond donors (Lipinski definition) is 2. The third-order valence-electron chi connectivity index (χ3n) is 3.10. The van der Waals surface area contributed by atoms with Gasteiger partial charge in [0.15, 0.2) is 5.11 Å². The topological polar surface area (TPSA) is 75.4 Å². The average Bonchev–Trinajstić information content (AvgIpc) is 3.09. The lowest BCUT2D eigenvalue weighted by atomic mass is 10.1. The van der Waals surface area contributed by atoms with Crippen LogP contribution in [0.25, 0.3) is 0 Å². The maximum Gasteiger partial charge on any atom is 0.261 e. The number of carbonyl (C=O) groups is 2. The molecular weight excluding hydrogens is 250 g/mol. The molecule has 18 heavy (non-hydrogen) atoms. The van der Waals surface area contributed by atoms with Crippen LogP contribution in [-0.2, 0) is 0 Å². The van der Waals surface area contributed by atoms with Crippen LogP contribution in [0.4, 0.5) is 5.69 Å². The number of fused-ring (bicyclic) bond motifs is 1. The first-order chi connectivity index (χ1) is 8.58. The van der Waals surface area contributed by atoms with E-state index < -0.39 is 0 Å². The molecule has 1 heterocycles. The summed E-state index contributed by atoms with van der Waals surface area (Å²) in [5.41, 5.74) is 6.88. The number of thiocarbonyl (C=S) groups is 1. The van der Waals surface area contributed by atoms with Gasteiger partial charge in [0, 0.05) is 11.7 Å². The van der Waals surface area contributed by atoms with E-state index in [1.165, 1.54) is 4.90 Å². The van der Waals surface area contributed by atoms with Crippen LogP contribution in [0.15, 0.2) is 18.2 Å². The molecule has 1 fully saturated rings. The monoisotopic (exact) mass is 261 g/mol. The van der Waals surface area contributed by atoms with E-state index in [-0.39, 0.29) is 23.0 Å². The molecule has 5 nitrogen and oxygen atoms in total. The Hall–Kier alpha value is -1.95. The third kappa shape index (κ3) is 1.65. The predicted octanol–water partition coefficient (Wildman–Crippen LogP) is 1.10. The van der Waals surface area contributed by atoms with E-state index in [0.717, 1.165) is 12.8 Å². The zero-order valence-electron chi connectivity index (χ0n) is 9.47. The number of nitrogens with zero attached hydrogens (tertiary/aromatic N) is 1. The van der Waals surface area contributed by atoms with Gasteiger partial charge in [-0.3, -0.25) is 14.5 Å². The van der Waals surface area contributed by atoms with E-state index >= 15 is 0 Å². The molecule has 1 aliphatic heterocycles. The van der Waals surface area contributed by atoms with Crippen LogP contribution in [0.1, 0.15) is 33.6 Å². The molecule has 2 amide bonds. The van der Waals surface area contributed by atoms with Crippen LogP contribution in [0.5, 0.6) is 0 Å². The molecular formula is C12H11N3O2S. The van der Waals surface area contributed by atoms with Gasteiger partial charge in [0.2, 0.25) is 0 Å². The van der Waals surface area contributed by atoms with E-state index in [4.69, 9.17) is 18.0 Å². The van der Waals surface area contributed by atoms with Gasteiger partial charge in [-0.15, -0.1) is 0 Å². The zero-order valence-corrected chi connectivity index (χ0v) is 10.3. The molecule has 1 aromatic rings. The van der Waals surface area contributed by atoms with Crippen molar-refractivity contribution < 1.29 is 9.59 Å². The van der Waals surface area contributed by atoms with Crippen molar-refractivity contribution in [3.8, 4) is 0 Å². The molecule has 0 saturated heterocycles. The molecule has 1 saturated carbocycles. The molecule has 0 unspecified atom stereocenters. The number of nitrogens with one attached hydrogen (secondary N) is 1. The van der Waals surface area contributed by atoms with E-state index in [1.54, 1.807) is 18.2 Å². The largest absolute Gasteiger partial charge is 0.376 e. The number of hydrogen-bond acceptors (Lipinski definition) is 3. The summed E-state index contributed by atoms with van der Waals surface area (Å²) in [6.07, 6.45) is 1.81. The highest BCUT2D eigenvalue weighted by Crippen LogP contribution is 2.35. The van der Waals surface area contributed by atoms with Crippen molar-refractivity contribution in [2.45, 2.75) is 18.9 Å². The molecule has 0 bridgehead atoms. The lowest BCUT2D eigenvalue weighted by Crippen LogP contribution is -2.31. The third-order valence-corrected chi connectivity index (χ3v) is 3.20. The Morgan fingerprint density at radius 2 is 1.94 bits per heavy atom. The summed E-state index contributed by atoms with van der Waals surface area (Å²) >= 11 is 4.74. The Morgan fingerprint density at radius 1 is 1.28 bits per heavy atom. The van der Waals surface area contributed by atoms with Gasteiger partial charge in [0.1, 0.15) is 0 Å². The molecule has 6 heteroatoms. The maximum atomic E-state index is 12.1. The number of nitrogens with two attached hydrogens (primary N) is 1. The quantitative estimate of drug-likeness (QED) is 0.616. The molecule has 0 spiro atoms. The van der Waals surface area contributed by atoms with Crippen molar-refractivity contribution in [1.82, 2.24) is 4.90 Å². The molecule has 0 atom stereocenters. The minimum absolute atomic E-state index is 0.0874. The fourth-order valence-electron chi connectivity index (χ4n) is 2.14. The predicted molar refractivity (Wildman–Crippen MR) is 70.4 cm³/mol. The summed E-state index contributed by atoms with van der Waals surface area (Å²) in [5.74, 6) is -0.413. The Balaban J connectivity index is 1.98. The van der Waals surface area contributed by atoms with Gasteiger partial charge in [0.05, 0.1) is 11.1 Å². The molecule has 3 rings (SSSR count).